The molecule has 1 fully saturated rings. The second kappa shape index (κ2) is 4.82. The van der Waals surface area contributed by atoms with E-state index in [0.717, 1.165) is 0 Å². The first-order chi connectivity index (χ1) is 7.43. The number of carbonyl (C=O) groups is 2. The van der Waals surface area contributed by atoms with Gasteiger partial charge in [0.25, 0.3) is 5.91 Å². The molecule has 0 spiro atoms. The molecule has 0 unspecified atom stereocenters. The number of carbonyl (C=O) groups excluding carboxylic acids is 2. The van der Waals surface area contributed by atoms with Crippen molar-refractivity contribution in [1.29, 1.82) is 0 Å². The molecule has 3 amide bonds. The summed E-state index contributed by atoms with van der Waals surface area (Å²) in [6.45, 7) is 6.60. The average molecular weight is 228 g/mol. The van der Waals surface area contributed by atoms with Gasteiger partial charge in [0, 0.05) is 20.3 Å². The van der Waals surface area contributed by atoms with E-state index in [4.69, 9.17) is 4.74 Å². The summed E-state index contributed by atoms with van der Waals surface area (Å²) in [7, 11) is 1.60. The summed E-state index contributed by atoms with van der Waals surface area (Å²) in [6.07, 6.45) is 0.670. The predicted octanol–water partition coefficient (Wildman–Crippen LogP) is 0.989. The normalized spacial score (nSPS) is 25.4. The van der Waals surface area contributed by atoms with E-state index < -0.39 is 5.54 Å². The predicted molar refractivity (Wildman–Crippen MR) is 60.0 cm³/mol. The Morgan fingerprint density at radius 1 is 1.44 bits per heavy atom. The summed E-state index contributed by atoms with van der Waals surface area (Å²) < 4.78 is 4.90. The minimum Gasteiger partial charge on any atom is -0.385 e. The number of imide groups is 1. The van der Waals surface area contributed by atoms with E-state index in [2.05, 4.69) is 5.32 Å². The minimum absolute atomic E-state index is 0.0800. The molecule has 5 heteroatoms. The topological polar surface area (TPSA) is 58.6 Å². The molecule has 1 rings (SSSR count). The van der Waals surface area contributed by atoms with Crippen LogP contribution in [0, 0.1) is 5.92 Å². The van der Waals surface area contributed by atoms with Crippen molar-refractivity contribution in [2.24, 2.45) is 5.92 Å². The van der Waals surface area contributed by atoms with Gasteiger partial charge in [-0.15, -0.1) is 0 Å². The Balaban J connectivity index is 2.68. The highest BCUT2D eigenvalue weighted by atomic mass is 16.5. The molecule has 0 saturated carbocycles. The Bertz CT molecular complexity index is 291. The fraction of sp³-hybridized carbons (Fsp3) is 0.818. The van der Waals surface area contributed by atoms with E-state index in [-0.39, 0.29) is 17.9 Å². The number of nitrogens with zero attached hydrogens (tertiary/aromatic N) is 1. The minimum atomic E-state index is -0.760. The molecule has 1 aliphatic rings. The summed E-state index contributed by atoms with van der Waals surface area (Å²) in [5.74, 6) is -0.0556. The van der Waals surface area contributed by atoms with Crippen molar-refractivity contribution in [1.82, 2.24) is 10.2 Å². The van der Waals surface area contributed by atoms with Crippen molar-refractivity contribution < 1.29 is 14.3 Å². The van der Waals surface area contributed by atoms with Crippen molar-refractivity contribution >= 4 is 11.9 Å². The monoisotopic (exact) mass is 228 g/mol. The summed E-state index contributed by atoms with van der Waals surface area (Å²) in [6, 6.07) is -0.294. The Morgan fingerprint density at radius 2 is 2.06 bits per heavy atom. The van der Waals surface area contributed by atoms with Gasteiger partial charge in [0.2, 0.25) is 0 Å². The lowest BCUT2D eigenvalue weighted by Crippen LogP contribution is -2.48. The second-order valence-electron chi connectivity index (χ2n) is 4.59. The number of nitrogens with one attached hydrogen (secondary N) is 1. The Labute approximate surface area is 96.1 Å². The Kier molecular flexibility index (Phi) is 3.91. The van der Waals surface area contributed by atoms with Crippen LogP contribution in [0.4, 0.5) is 4.79 Å². The van der Waals surface area contributed by atoms with E-state index in [0.29, 0.717) is 19.6 Å². The molecule has 1 saturated heterocycles. The SMILES string of the molecule is COCCCN1C(=O)N[C@](C)(C(C)C)C1=O. The van der Waals surface area contributed by atoms with E-state index >= 15 is 0 Å². The van der Waals surface area contributed by atoms with Gasteiger partial charge in [0.05, 0.1) is 0 Å². The number of urea groups is 1. The first-order valence-electron chi connectivity index (χ1n) is 5.56. The van der Waals surface area contributed by atoms with Gasteiger partial charge in [-0.1, -0.05) is 13.8 Å². The summed E-state index contributed by atoms with van der Waals surface area (Å²) in [5.41, 5.74) is -0.760. The molecule has 0 bridgehead atoms. The smallest absolute Gasteiger partial charge is 0.325 e. The van der Waals surface area contributed by atoms with Gasteiger partial charge in [-0.25, -0.2) is 4.79 Å². The molecule has 92 valence electrons. The molecular weight excluding hydrogens is 208 g/mol. The third kappa shape index (κ3) is 2.19. The number of methoxy groups -OCH3 is 1. The molecular formula is C11H20N2O3. The van der Waals surface area contributed by atoms with Crippen LogP contribution in [0.5, 0.6) is 0 Å². The van der Waals surface area contributed by atoms with Gasteiger partial charge < -0.3 is 10.1 Å². The average Bonchev–Trinajstić information content (AvgIpc) is 2.43. The number of rotatable bonds is 5. The maximum absolute atomic E-state index is 12.1. The molecule has 1 aliphatic heterocycles. The number of hydrogen-bond acceptors (Lipinski definition) is 3. The first-order valence-corrected chi connectivity index (χ1v) is 5.56. The third-order valence-corrected chi connectivity index (χ3v) is 3.19. The lowest BCUT2D eigenvalue weighted by Gasteiger charge is -2.25. The van der Waals surface area contributed by atoms with Crippen LogP contribution in [0.25, 0.3) is 0 Å². The lowest BCUT2D eigenvalue weighted by molar-refractivity contribution is -0.132. The summed E-state index contributed by atoms with van der Waals surface area (Å²) >= 11 is 0. The molecule has 0 aliphatic carbocycles. The Hall–Kier alpha value is -1.10. The summed E-state index contributed by atoms with van der Waals surface area (Å²) in [5, 5.41) is 2.75. The highest BCUT2D eigenvalue weighted by Crippen LogP contribution is 2.25. The van der Waals surface area contributed by atoms with Crippen LogP contribution in [-0.2, 0) is 9.53 Å². The largest absolute Gasteiger partial charge is 0.385 e. The van der Waals surface area contributed by atoms with Crippen LogP contribution < -0.4 is 5.32 Å². The van der Waals surface area contributed by atoms with E-state index in [9.17, 15) is 9.59 Å². The van der Waals surface area contributed by atoms with Crippen LogP contribution in [0.1, 0.15) is 27.2 Å². The third-order valence-electron chi connectivity index (χ3n) is 3.19. The van der Waals surface area contributed by atoms with Crippen molar-refractivity contribution in [2.45, 2.75) is 32.7 Å². The number of hydrogen-bond donors (Lipinski definition) is 1. The van der Waals surface area contributed by atoms with Gasteiger partial charge in [-0.2, -0.15) is 0 Å². The Morgan fingerprint density at radius 3 is 2.50 bits per heavy atom. The zero-order valence-electron chi connectivity index (χ0n) is 10.4. The molecule has 0 aromatic rings. The second-order valence-corrected chi connectivity index (χ2v) is 4.59. The van der Waals surface area contributed by atoms with Gasteiger partial charge >= 0.3 is 6.03 Å². The zero-order chi connectivity index (χ0) is 12.3. The molecule has 0 radical (unpaired) electrons. The van der Waals surface area contributed by atoms with Gasteiger partial charge in [-0.3, -0.25) is 9.69 Å². The summed E-state index contributed by atoms with van der Waals surface area (Å²) in [4.78, 5) is 25.0. The first kappa shape index (κ1) is 13.0. The lowest BCUT2D eigenvalue weighted by atomic mass is 9.88. The number of amides is 3. The fourth-order valence-electron chi connectivity index (χ4n) is 1.68. The number of ether oxygens (including phenoxy) is 1. The molecule has 1 atom stereocenters. The highest BCUT2D eigenvalue weighted by molar-refractivity contribution is 6.06. The van der Waals surface area contributed by atoms with Gasteiger partial charge in [0.15, 0.2) is 0 Å². The highest BCUT2D eigenvalue weighted by Gasteiger charge is 2.49. The molecule has 0 aromatic heterocycles. The standard InChI is InChI=1S/C11H20N2O3/c1-8(2)11(3)9(14)13(10(15)12-11)6-5-7-16-4/h8H,5-7H2,1-4H3,(H,12,15)/t11-/m1/s1. The molecule has 1 N–H and O–H groups in total. The fourth-order valence-corrected chi connectivity index (χ4v) is 1.68. The zero-order valence-corrected chi connectivity index (χ0v) is 10.4. The van der Waals surface area contributed by atoms with Crippen molar-refractivity contribution in [3.8, 4) is 0 Å². The quantitative estimate of drug-likeness (QED) is 0.564. The van der Waals surface area contributed by atoms with E-state index in [1.807, 2.05) is 13.8 Å². The molecule has 1 heterocycles. The molecule has 0 aromatic carbocycles. The maximum Gasteiger partial charge on any atom is 0.325 e. The van der Waals surface area contributed by atoms with Crippen LogP contribution >= 0.6 is 0 Å². The van der Waals surface area contributed by atoms with Crippen molar-refractivity contribution in [3.63, 3.8) is 0 Å². The van der Waals surface area contributed by atoms with Crippen molar-refractivity contribution in [3.05, 3.63) is 0 Å². The van der Waals surface area contributed by atoms with Crippen LogP contribution in [0.3, 0.4) is 0 Å². The van der Waals surface area contributed by atoms with Crippen LogP contribution in [-0.4, -0.2) is 42.6 Å². The van der Waals surface area contributed by atoms with E-state index in [1.54, 1.807) is 14.0 Å². The van der Waals surface area contributed by atoms with Crippen molar-refractivity contribution in [2.75, 3.05) is 20.3 Å². The van der Waals surface area contributed by atoms with Crippen LogP contribution in [0.15, 0.2) is 0 Å². The molecule has 5 nitrogen and oxygen atoms in total. The van der Waals surface area contributed by atoms with E-state index in [1.165, 1.54) is 4.90 Å². The van der Waals surface area contributed by atoms with Gasteiger partial charge in [-0.05, 0) is 19.3 Å². The molecule has 16 heavy (non-hydrogen) atoms. The van der Waals surface area contributed by atoms with Gasteiger partial charge in [0.1, 0.15) is 5.54 Å². The van der Waals surface area contributed by atoms with Crippen LogP contribution in [0.2, 0.25) is 0 Å². The maximum atomic E-state index is 12.1.